The summed E-state index contributed by atoms with van der Waals surface area (Å²) in [5.41, 5.74) is -0.261. The number of aliphatic hydroxyl groups excluding tert-OH is 1. The van der Waals surface area contributed by atoms with Crippen LogP contribution < -0.4 is 5.32 Å². The molecule has 1 aromatic carbocycles. The average Bonchev–Trinajstić information content (AvgIpc) is 2.52. The van der Waals surface area contributed by atoms with E-state index in [9.17, 15) is 19.7 Å². The molecule has 8 nitrogen and oxygen atoms in total. The molecule has 0 saturated heterocycles. The number of carbonyl (C=O) groups excluding carboxylic acids is 2. The molecular weight excluding hydrogens is 431 g/mol. The SMILES string of the molecule is CCOC(=O)/C(=C\NCCO)C(=O)c1cc(I)cc([N+](=O)[O-])c1C. The average molecular weight is 448 g/mol. The van der Waals surface area contributed by atoms with E-state index in [1.54, 1.807) is 6.92 Å². The molecule has 0 atom stereocenters. The maximum absolute atomic E-state index is 12.7. The minimum absolute atomic E-state index is 0.0544. The molecule has 0 heterocycles. The molecule has 1 rings (SSSR count). The van der Waals surface area contributed by atoms with Gasteiger partial charge >= 0.3 is 5.97 Å². The molecule has 0 aliphatic heterocycles. The maximum atomic E-state index is 12.7. The zero-order valence-corrected chi connectivity index (χ0v) is 15.3. The third-order valence-electron chi connectivity index (χ3n) is 3.03. The summed E-state index contributed by atoms with van der Waals surface area (Å²) in [5.74, 6) is -1.52. The van der Waals surface area contributed by atoms with Crippen molar-refractivity contribution in [2.75, 3.05) is 19.8 Å². The molecule has 2 N–H and O–H groups in total. The summed E-state index contributed by atoms with van der Waals surface area (Å²) < 4.78 is 5.36. The quantitative estimate of drug-likeness (QED) is 0.0716. The van der Waals surface area contributed by atoms with Gasteiger partial charge in [-0.05, 0) is 42.5 Å². The second kappa shape index (κ2) is 9.33. The van der Waals surface area contributed by atoms with Crippen molar-refractivity contribution in [1.82, 2.24) is 5.32 Å². The number of aliphatic hydroxyl groups is 1. The van der Waals surface area contributed by atoms with Gasteiger partial charge in [-0.25, -0.2) is 4.79 Å². The fourth-order valence-corrected chi connectivity index (χ4v) is 2.51. The minimum atomic E-state index is -0.839. The molecule has 1 aromatic rings. The lowest BCUT2D eigenvalue weighted by molar-refractivity contribution is -0.385. The zero-order chi connectivity index (χ0) is 18.3. The Bertz CT molecular complexity index is 687. The van der Waals surface area contributed by atoms with E-state index in [1.807, 2.05) is 22.6 Å². The highest BCUT2D eigenvalue weighted by atomic mass is 127. The summed E-state index contributed by atoms with van der Waals surface area (Å²) in [6.07, 6.45) is 1.15. The number of nitro groups is 1. The van der Waals surface area contributed by atoms with E-state index in [0.29, 0.717) is 3.57 Å². The molecular formula is C15H17IN2O6. The number of nitrogens with one attached hydrogen (secondary N) is 1. The van der Waals surface area contributed by atoms with Gasteiger partial charge in [0.05, 0.1) is 18.1 Å². The molecule has 0 unspecified atom stereocenters. The minimum Gasteiger partial charge on any atom is -0.462 e. The first-order valence-electron chi connectivity index (χ1n) is 7.04. The van der Waals surface area contributed by atoms with Crippen LogP contribution in [0.3, 0.4) is 0 Å². The van der Waals surface area contributed by atoms with Crippen LogP contribution in [0.4, 0.5) is 5.69 Å². The van der Waals surface area contributed by atoms with E-state index in [0.717, 1.165) is 6.20 Å². The standard InChI is InChI=1S/C15H17IN2O6/c1-3-24-15(21)12(8-17-4-5-19)14(20)11-6-10(16)7-13(9(11)2)18(22)23/h6-8,17,19H,3-5H2,1-2H3/b12-8-. The number of rotatable bonds is 8. The summed E-state index contributed by atoms with van der Waals surface area (Å²) in [7, 11) is 0. The number of nitro benzene ring substituents is 1. The van der Waals surface area contributed by atoms with E-state index < -0.39 is 16.7 Å². The zero-order valence-electron chi connectivity index (χ0n) is 13.2. The largest absolute Gasteiger partial charge is 0.462 e. The van der Waals surface area contributed by atoms with Crippen molar-refractivity contribution in [2.45, 2.75) is 13.8 Å². The van der Waals surface area contributed by atoms with Gasteiger partial charge in [-0.3, -0.25) is 14.9 Å². The van der Waals surface area contributed by atoms with Crippen LogP contribution in [0.15, 0.2) is 23.9 Å². The van der Waals surface area contributed by atoms with Crippen molar-refractivity contribution < 1.29 is 24.4 Å². The number of esters is 1. The fourth-order valence-electron chi connectivity index (χ4n) is 1.90. The summed E-state index contributed by atoms with van der Waals surface area (Å²) in [4.78, 5) is 35.3. The Morgan fingerprint density at radius 2 is 2.12 bits per heavy atom. The highest BCUT2D eigenvalue weighted by Gasteiger charge is 2.26. The second-order valence-corrected chi connectivity index (χ2v) is 5.89. The molecule has 0 spiro atoms. The Kier molecular flexibility index (Phi) is 7.79. The number of nitrogens with zero attached hydrogens (tertiary/aromatic N) is 1. The molecule has 9 heteroatoms. The Balaban J connectivity index is 3.35. The molecule has 0 amide bonds. The maximum Gasteiger partial charge on any atom is 0.343 e. The van der Waals surface area contributed by atoms with Crippen LogP contribution >= 0.6 is 22.6 Å². The van der Waals surface area contributed by atoms with Crippen LogP contribution in [0.2, 0.25) is 0 Å². The summed E-state index contributed by atoms with van der Waals surface area (Å²) in [6, 6.07) is 2.83. The molecule has 24 heavy (non-hydrogen) atoms. The monoisotopic (exact) mass is 448 g/mol. The molecule has 0 aliphatic rings. The van der Waals surface area contributed by atoms with E-state index >= 15 is 0 Å². The number of ether oxygens (including phenoxy) is 1. The summed E-state index contributed by atoms with van der Waals surface area (Å²) >= 11 is 1.87. The van der Waals surface area contributed by atoms with Crippen LogP contribution in [-0.2, 0) is 9.53 Å². The van der Waals surface area contributed by atoms with Crippen molar-refractivity contribution in [2.24, 2.45) is 0 Å². The predicted octanol–water partition coefficient (Wildman–Crippen LogP) is 1.72. The number of hydrogen-bond donors (Lipinski definition) is 2. The van der Waals surface area contributed by atoms with Crippen molar-refractivity contribution in [1.29, 1.82) is 0 Å². The van der Waals surface area contributed by atoms with E-state index in [4.69, 9.17) is 9.84 Å². The normalized spacial score (nSPS) is 11.1. The first-order chi connectivity index (χ1) is 11.3. The second-order valence-electron chi connectivity index (χ2n) is 4.64. The Hall–Kier alpha value is -2.01. The van der Waals surface area contributed by atoms with Crippen LogP contribution in [0.25, 0.3) is 0 Å². The number of carbonyl (C=O) groups is 2. The van der Waals surface area contributed by atoms with E-state index in [2.05, 4.69) is 5.32 Å². The topological polar surface area (TPSA) is 119 Å². The van der Waals surface area contributed by atoms with Gasteiger partial charge in [-0.1, -0.05) is 0 Å². The number of benzene rings is 1. The van der Waals surface area contributed by atoms with Gasteiger partial charge in [0, 0.05) is 33.5 Å². The highest BCUT2D eigenvalue weighted by Crippen LogP contribution is 2.26. The molecule has 0 fully saturated rings. The lowest BCUT2D eigenvalue weighted by Crippen LogP contribution is -2.22. The van der Waals surface area contributed by atoms with Crippen molar-refractivity contribution in [3.05, 3.63) is 48.7 Å². The predicted molar refractivity (Wildman–Crippen MR) is 94.7 cm³/mol. The first kappa shape index (κ1) is 20.0. The van der Waals surface area contributed by atoms with Gasteiger partial charge in [0.1, 0.15) is 5.57 Å². The third kappa shape index (κ3) is 4.99. The number of Topliss-reactive ketones (excluding diaryl/α,β-unsaturated/α-hetero) is 1. The third-order valence-corrected chi connectivity index (χ3v) is 3.65. The molecule has 0 aromatic heterocycles. The molecule has 0 aliphatic carbocycles. The Morgan fingerprint density at radius 1 is 1.46 bits per heavy atom. The van der Waals surface area contributed by atoms with Crippen LogP contribution in [-0.4, -0.2) is 41.5 Å². The van der Waals surface area contributed by atoms with Crippen LogP contribution in [0.5, 0.6) is 0 Å². The van der Waals surface area contributed by atoms with Crippen LogP contribution in [0.1, 0.15) is 22.8 Å². The molecule has 0 bridgehead atoms. The van der Waals surface area contributed by atoms with Crippen molar-refractivity contribution in [3.8, 4) is 0 Å². The Labute approximate surface area is 152 Å². The van der Waals surface area contributed by atoms with Crippen molar-refractivity contribution in [3.63, 3.8) is 0 Å². The van der Waals surface area contributed by atoms with Gasteiger partial charge in [0.15, 0.2) is 0 Å². The van der Waals surface area contributed by atoms with E-state index in [1.165, 1.54) is 19.1 Å². The van der Waals surface area contributed by atoms with Gasteiger partial charge in [-0.2, -0.15) is 0 Å². The molecule has 0 saturated carbocycles. The van der Waals surface area contributed by atoms with Gasteiger partial charge in [0.25, 0.3) is 5.69 Å². The fraction of sp³-hybridized carbons (Fsp3) is 0.333. The van der Waals surface area contributed by atoms with Crippen LogP contribution in [0, 0.1) is 20.6 Å². The van der Waals surface area contributed by atoms with Gasteiger partial charge in [0.2, 0.25) is 5.78 Å². The smallest absolute Gasteiger partial charge is 0.343 e. The first-order valence-corrected chi connectivity index (χ1v) is 8.12. The van der Waals surface area contributed by atoms with E-state index in [-0.39, 0.29) is 42.1 Å². The van der Waals surface area contributed by atoms with Gasteiger partial charge < -0.3 is 15.2 Å². The summed E-state index contributed by atoms with van der Waals surface area (Å²) in [6.45, 7) is 3.08. The number of ketones is 1. The lowest BCUT2D eigenvalue weighted by atomic mass is 9.98. The Morgan fingerprint density at radius 3 is 2.67 bits per heavy atom. The molecule has 0 radical (unpaired) electrons. The summed E-state index contributed by atoms with van der Waals surface area (Å²) in [5, 5.41) is 22.5. The van der Waals surface area contributed by atoms with Gasteiger partial charge in [-0.15, -0.1) is 0 Å². The highest BCUT2D eigenvalue weighted by molar-refractivity contribution is 14.1. The van der Waals surface area contributed by atoms with Crippen molar-refractivity contribution >= 4 is 40.0 Å². The lowest BCUT2D eigenvalue weighted by Gasteiger charge is -2.10. The number of halogens is 1. The molecule has 130 valence electrons. The number of hydrogen-bond acceptors (Lipinski definition) is 7.